The lowest BCUT2D eigenvalue weighted by Gasteiger charge is -2.32. The lowest BCUT2D eigenvalue weighted by atomic mass is 9.95. The highest BCUT2D eigenvalue weighted by atomic mass is 32.1. The first-order chi connectivity index (χ1) is 15.2. The summed E-state index contributed by atoms with van der Waals surface area (Å²) >= 11 is 1.66. The van der Waals surface area contributed by atoms with Crippen LogP contribution in [0.1, 0.15) is 23.3 Å². The molecule has 0 aliphatic carbocycles. The Labute approximate surface area is 187 Å². The number of carbonyl (C=O) groups is 1. The molecule has 3 aromatic rings. The van der Waals surface area contributed by atoms with Gasteiger partial charge in [0.2, 0.25) is 5.91 Å². The Hall–Kier alpha value is -2.88. The first-order valence-corrected chi connectivity index (χ1v) is 11.1. The van der Waals surface area contributed by atoms with Crippen LogP contribution in [0, 0.1) is 19.8 Å². The number of amides is 1. The highest BCUT2D eigenvalue weighted by molar-refractivity contribution is 7.18. The fourth-order valence-corrected chi connectivity index (χ4v) is 4.79. The van der Waals surface area contributed by atoms with Crippen LogP contribution in [0.3, 0.4) is 0 Å². The van der Waals surface area contributed by atoms with E-state index in [1.807, 2.05) is 0 Å². The fourth-order valence-electron chi connectivity index (χ4n) is 3.80. The van der Waals surface area contributed by atoms with Gasteiger partial charge in [0.1, 0.15) is 22.7 Å². The maximum absolute atomic E-state index is 12.7. The Balaban J connectivity index is 1.34. The van der Waals surface area contributed by atoms with Crippen molar-refractivity contribution in [3.63, 3.8) is 0 Å². The minimum Gasteiger partial charge on any atom is -0.484 e. The van der Waals surface area contributed by atoms with Gasteiger partial charge in [0.15, 0.2) is 6.61 Å². The monoisotopic (exact) mass is 464 g/mol. The number of aromatic nitrogens is 2. The minimum absolute atomic E-state index is 0.0935. The van der Waals surface area contributed by atoms with Crippen LogP contribution in [-0.4, -0.2) is 41.7 Å². The van der Waals surface area contributed by atoms with E-state index in [-0.39, 0.29) is 17.6 Å². The molecule has 4 rings (SSSR count). The van der Waals surface area contributed by atoms with Crippen molar-refractivity contribution in [2.24, 2.45) is 5.92 Å². The zero-order valence-corrected chi connectivity index (χ0v) is 18.5. The van der Waals surface area contributed by atoms with Crippen molar-refractivity contribution in [3.8, 4) is 5.75 Å². The van der Waals surface area contributed by atoms with Gasteiger partial charge in [-0.2, -0.15) is 13.2 Å². The molecule has 0 bridgehead atoms. The van der Waals surface area contributed by atoms with Crippen molar-refractivity contribution in [3.05, 3.63) is 41.0 Å². The van der Waals surface area contributed by atoms with E-state index < -0.39 is 12.8 Å². The molecule has 6 nitrogen and oxygen atoms in total. The minimum atomic E-state index is -4.39. The first kappa shape index (κ1) is 22.3. The van der Waals surface area contributed by atoms with Crippen molar-refractivity contribution in [1.29, 1.82) is 0 Å². The maximum Gasteiger partial charge on any atom is 0.422 e. The number of aryl methyl sites for hydroxylation is 2. The molecule has 1 N–H and O–H groups in total. The topological polar surface area (TPSA) is 67.4 Å². The zero-order chi connectivity index (χ0) is 22.9. The number of rotatable bonds is 5. The van der Waals surface area contributed by atoms with Crippen molar-refractivity contribution < 1.29 is 22.7 Å². The van der Waals surface area contributed by atoms with E-state index in [4.69, 9.17) is 0 Å². The van der Waals surface area contributed by atoms with Gasteiger partial charge in [-0.3, -0.25) is 4.79 Å². The van der Waals surface area contributed by atoms with E-state index in [1.54, 1.807) is 17.7 Å². The van der Waals surface area contributed by atoms with Gasteiger partial charge in [-0.25, -0.2) is 9.97 Å². The van der Waals surface area contributed by atoms with Crippen molar-refractivity contribution in [2.45, 2.75) is 32.9 Å². The molecule has 1 amide bonds. The molecule has 10 heteroatoms. The van der Waals surface area contributed by atoms with Gasteiger partial charge in [-0.15, -0.1) is 11.3 Å². The summed E-state index contributed by atoms with van der Waals surface area (Å²) in [6, 6.07) is 5.90. The average Bonchev–Trinajstić information content (AvgIpc) is 3.06. The van der Waals surface area contributed by atoms with Crippen LogP contribution < -0.4 is 15.0 Å². The highest BCUT2D eigenvalue weighted by Crippen LogP contribution is 2.35. The highest BCUT2D eigenvalue weighted by Gasteiger charge is 2.29. The maximum atomic E-state index is 12.7. The van der Waals surface area contributed by atoms with E-state index >= 15 is 0 Å². The molecule has 1 aliphatic heterocycles. The molecule has 1 fully saturated rings. The molecule has 32 heavy (non-hydrogen) atoms. The van der Waals surface area contributed by atoms with Crippen LogP contribution in [0.5, 0.6) is 5.75 Å². The lowest BCUT2D eigenvalue weighted by Crippen LogP contribution is -2.38. The molecule has 0 unspecified atom stereocenters. The van der Waals surface area contributed by atoms with E-state index in [2.05, 4.69) is 38.8 Å². The Kier molecular flexibility index (Phi) is 6.23. The number of thiophene rings is 1. The summed E-state index contributed by atoms with van der Waals surface area (Å²) in [4.78, 5) is 26.0. The number of hydrogen-bond donors (Lipinski definition) is 1. The summed E-state index contributed by atoms with van der Waals surface area (Å²) in [6.07, 6.45) is -1.42. The Bertz CT molecular complexity index is 1110. The fraction of sp³-hybridized carbons (Fsp3) is 0.409. The number of ether oxygens (including phenoxy) is 1. The normalized spacial score (nSPS) is 15.2. The summed E-state index contributed by atoms with van der Waals surface area (Å²) in [5.74, 6) is 0.785. The van der Waals surface area contributed by atoms with Gasteiger partial charge >= 0.3 is 6.18 Å². The van der Waals surface area contributed by atoms with Gasteiger partial charge in [0.25, 0.3) is 0 Å². The molecule has 0 atom stereocenters. The molecule has 0 spiro atoms. The number of carbonyl (C=O) groups excluding carboxylic acids is 1. The second-order valence-electron chi connectivity index (χ2n) is 7.84. The largest absolute Gasteiger partial charge is 0.484 e. The van der Waals surface area contributed by atoms with E-state index in [9.17, 15) is 18.0 Å². The van der Waals surface area contributed by atoms with Gasteiger partial charge < -0.3 is 15.0 Å². The first-order valence-electron chi connectivity index (χ1n) is 10.3. The van der Waals surface area contributed by atoms with Gasteiger partial charge in [-0.05, 0) is 56.5 Å². The number of fused-ring (bicyclic) bond motifs is 1. The number of halogens is 3. The molecule has 1 saturated heterocycles. The smallest absolute Gasteiger partial charge is 0.422 e. The number of anilines is 2. The molecule has 2 aromatic heterocycles. The van der Waals surface area contributed by atoms with Crippen LogP contribution in [0.15, 0.2) is 30.6 Å². The summed E-state index contributed by atoms with van der Waals surface area (Å²) in [7, 11) is 0. The number of nitrogens with one attached hydrogen (secondary N) is 1. The average molecular weight is 465 g/mol. The lowest BCUT2D eigenvalue weighted by molar-refractivity contribution is -0.153. The van der Waals surface area contributed by atoms with Crippen LogP contribution >= 0.6 is 11.3 Å². The molecule has 0 radical (unpaired) electrons. The number of piperidine rings is 1. The third-order valence-electron chi connectivity index (χ3n) is 5.63. The summed E-state index contributed by atoms with van der Waals surface area (Å²) in [5.41, 5.74) is 1.72. The van der Waals surface area contributed by atoms with Gasteiger partial charge in [-0.1, -0.05) is 0 Å². The van der Waals surface area contributed by atoms with Crippen molar-refractivity contribution in [2.75, 3.05) is 29.9 Å². The molecule has 1 aliphatic rings. The predicted octanol–water partition coefficient (Wildman–Crippen LogP) is 5.10. The third-order valence-corrected chi connectivity index (χ3v) is 6.75. The summed E-state index contributed by atoms with van der Waals surface area (Å²) in [6.45, 7) is 4.24. The van der Waals surface area contributed by atoms with Crippen molar-refractivity contribution in [1.82, 2.24) is 9.97 Å². The van der Waals surface area contributed by atoms with Crippen LogP contribution in [0.2, 0.25) is 0 Å². The van der Waals surface area contributed by atoms with E-state index in [0.29, 0.717) is 31.6 Å². The molecular formula is C22H23F3N4O2S. The SMILES string of the molecule is Cc1sc2ncnc(N3CCC(C(=O)Nc4ccc(OCC(F)(F)F)cc4)CC3)c2c1C. The third kappa shape index (κ3) is 4.95. The molecular weight excluding hydrogens is 441 g/mol. The predicted molar refractivity (Wildman–Crippen MR) is 118 cm³/mol. The van der Waals surface area contributed by atoms with Crippen LogP contribution in [0.4, 0.5) is 24.7 Å². The number of benzene rings is 1. The molecule has 0 saturated carbocycles. The quantitative estimate of drug-likeness (QED) is 0.569. The Morgan fingerprint density at radius 1 is 1.19 bits per heavy atom. The second kappa shape index (κ2) is 8.93. The van der Waals surface area contributed by atoms with Crippen LogP contribution in [-0.2, 0) is 4.79 Å². The zero-order valence-electron chi connectivity index (χ0n) is 17.7. The summed E-state index contributed by atoms with van der Waals surface area (Å²) in [5, 5.41) is 3.94. The number of nitrogens with zero attached hydrogens (tertiary/aromatic N) is 3. The molecule has 3 heterocycles. The summed E-state index contributed by atoms with van der Waals surface area (Å²) < 4.78 is 41.4. The van der Waals surface area contributed by atoms with E-state index in [1.165, 1.54) is 34.7 Å². The molecule has 170 valence electrons. The standard InChI is InChI=1S/C22H23F3N4O2S/c1-13-14(2)32-21-18(13)19(26-12-27-21)29-9-7-15(8-10-29)20(30)28-16-3-5-17(6-4-16)31-11-22(23,24)25/h3-6,12,15H,7-11H2,1-2H3,(H,28,30). The second-order valence-corrected chi connectivity index (χ2v) is 9.04. The van der Waals surface area contributed by atoms with E-state index in [0.717, 1.165) is 16.0 Å². The van der Waals surface area contributed by atoms with Crippen LogP contribution in [0.25, 0.3) is 10.2 Å². The number of hydrogen-bond acceptors (Lipinski definition) is 6. The Morgan fingerprint density at radius 3 is 2.53 bits per heavy atom. The van der Waals surface area contributed by atoms with Crippen molar-refractivity contribution >= 4 is 39.0 Å². The number of alkyl halides is 3. The van der Waals surface area contributed by atoms with Gasteiger partial charge in [0, 0.05) is 29.6 Å². The Morgan fingerprint density at radius 2 is 1.88 bits per heavy atom. The molecule has 1 aromatic carbocycles. The van der Waals surface area contributed by atoms with Gasteiger partial charge in [0.05, 0.1) is 5.39 Å².